The van der Waals surface area contributed by atoms with Gasteiger partial charge in [0.15, 0.2) is 0 Å². The van der Waals surface area contributed by atoms with Crippen molar-refractivity contribution in [2.75, 3.05) is 4.72 Å². The Balaban J connectivity index is 1.73. The van der Waals surface area contributed by atoms with Crippen molar-refractivity contribution >= 4 is 27.3 Å². The average molecular weight is 375 g/mol. The van der Waals surface area contributed by atoms with Gasteiger partial charge in [0, 0.05) is 17.3 Å². The average Bonchev–Trinajstić information content (AvgIpc) is 2.61. The first-order chi connectivity index (χ1) is 12.0. The minimum atomic E-state index is -3.72. The van der Waals surface area contributed by atoms with E-state index >= 15 is 0 Å². The number of benzene rings is 2. The van der Waals surface area contributed by atoms with E-state index in [0.717, 1.165) is 5.69 Å². The molecule has 1 heterocycles. The summed E-state index contributed by atoms with van der Waals surface area (Å²) in [5.41, 5.74) is 1.19. The van der Waals surface area contributed by atoms with Gasteiger partial charge in [-0.1, -0.05) is 29.8 Å². The van der Waals surface area contributed by atoms with Gasteiger partial charge in [-0.25, -0.2) is 8.42 Å². The first-order valence-corrected chi connectivity index (χ1v) is 9.30. The molecular formula is C18H15ClN2O3S. The lowest BCUT2D eigenvalue weighted by molar-refractivity contribution is 0.301. The molecule has 3 rings (SSSR count). The highest BCUT2D eigenvalue weighted by Crippen LogP contribution is 2.22. The molecule has 2 aromatic carbocycles. The van der Waals surface area contributed by atoms with Crippen LogP contribution in [0.5, 0.6) is 5.75 Å². The molecule has 0 atom stereocenters. The van der Waals surface area contributed by atoms with Gasteiger partial charge in [-0.2, -0.15) is 0 Å². The molecular weight excluding hydrogens is 360 g/mol. The molecule has 128 valence electrons. The van der Waals surface area contributed by atoms with Crippen LogP contribution in [-0.2, 0) is 16.6 Å². The van der Waals surface area contributed by atoms with E-state index in [-0.39, 0.29) is 4.90 Å². The predicted molar refractivity (Wildman–Crippen MR) is 97.3 cm³/mol. The fourth-order valence-corrected chi connectivity index (χ4v) is 3.49. The molecule has 0 unspecified atom stereocenters. The van der Waals surface area contributed by atoms with E-state index < -0.39 is 10.0 Å². The van der Waals surface area contributed by atoms with Crippen molar-refractivity contribution < 1.29 is 13.2 Å². The summed E-state index contributed by atoms with van der Waals surface area (Å²) in [7, 11) is -3.72. The van der Waals surface area contributed by atoms with Crippen molar-refractivity contribution in [2.24, 2.45) is 0 Å². The second kappa shape index (κ2) is 7.55. The van der Waals surface area contributed by atoms with Gasteiger partial charge in [0.2, 0.25) is 0 Å². The lowest BCUT2D eigenvalue weighted by Gasteiger charge is -2.10. The van der Waals surface area contributed by atoms with Crippen LogP contribution in [-0.4, -0.2) is 13.4 Å². The highest BCUT2D eigenvalue weighted by molar-refractivity contribution is 7.92. The quantitative estimate of drug-likeness (QED) is 0.704. The maximum Gasteiger partial charge on any atom is 0.261 e. The van der Waals surface area contributed by atoms with Crippen molar-refractivity contribution in [3.63, 3.8) is 0 Å². The molecule has 5 nitrogen and oxygen atoms in total. The molecule has 25 heavy (non-hydrogen) atoms. The molecule has 7 heteroatoms. The summed E-state index contributed by atoms with van der Waals surface area (Å²) in [6.07, 6.45) is 1.69. The number of aromatic nitrogens is 1. The Morgan fingerprint density at radius 2 is 1.84 bits per heavy atom. The lowest BCUT2D eigenvalue weighted by Crippen LogP contribution is -2.12. The second-order valence-electron chi connectivity index (χ2n) is 5.20. The normalized spacial score (nSPS) is 11.1. The van der Waals surface area contributed by atoms with Crippen molar-refractivity contribution in [3.05, 3.63) is 83.6 Å². The van der Waals surface area contributed by atoms with Gasteiger partial charge in [-0.3, -0.25) is 9.71 Å². The van der Waals surface area contributed by atoms with Crippen LogP contribution in [0.1, 0.15) is 5.69 Å². The molecule has 0 bridgehead atoms. The summed E-state index contributed by atoms with van der Waals surface area (Å²) in [6, 6.07) is 18.4. The number of nitrogens with one attached hydrogen (secondary N) is 1. The van der Waals surface area contributed by atoms with Gasteiger partial charge in [0.05, 0.1) is 16.3 Å². The zero-order valence-corrected chi connectivity index (χ0v) is 14.7. The molecule has 0 amide bonds. The third-order valence-electron chi connectivity index (χ3n) is 3.31. The van der Waals surface area contributed by atoms with E-state index in [2.05, 4.69) is 9.71 Å². The van der Waals surface area contributed by atoms with Gasteiger partial charge >= 0.3 is 0 Å². The predicted octanol–water partition coefficient (Wildman–Crippen LogP) is 4.11. The molecule has 0 spiro atoms. The van der Waals surface area contributed by atoms with Gasteiger partial charge in [-0.15, -0.1) is 0 Å². The van der Waals surface area contributed by atoms with Crippen LogP contribution >= 0.6 is 11.6 Å². The Morgan fingerprint density at radius 3 is 2.60 bits per heavy atom. The molecule has 0 fully saturated rings. The number of pyridine rings is 1. The van der Waals surface area contributed by atoms with E-state index in [0.29, 0.717) is 23.1 Å². The zero-order chi connectivity index (χ0) is 17.7. The molecule has 1 N–H and O–H groups in total. The van der Waals surface area contributed by atoms with E-state index in [4.69, 9.17) is 16.3 Å². The van der Waals surface area contributed by atoms with Crippen LogP contribution < -0.4 is 9.46 Å². The Hall–Kier alpha value is -2.57. The van der Waals surface area contributed by atoms with Crippen molar-refractivity contribution in [2.45, 2.75) is 11.5 Å². The maximum absolute atomic E-state index is 12.4. The molecule has 3 aromatic rings. The Kier molecular flexibility index (Phi) is 5.21. The van der Waals surface area contributed by atoms with Crippen LogP contribution in [0, 0.1) is 0 Å². The molecule has 0 aliphatic rings. The van der Waals surface area contributed by atoms with Crippen molar-refractivity contribution in [1.82, 2.24) is 4.98 Å². The van der Waals surface area contributed by atoms with Gasteiger partial charge in [0.25, 0.3) is 10.0 Å². The van der Waals surface area contributed by atoms with Gasteiger partial charge in [0.1, 0.15) is 12.4 Å². The fraction of sp³-hybridized carbons (Fsp3) is 0.0556. The molecule has 0 radical (unpaired) electrons. The first-order valence-electron chi connectivity index (χ1n) is 7.44. The minimum absolute atomic E-state index is 0.0970. The molecule has 0 saturated carbocycles. The number of hydrogen-bond donors (Lipinski definition) is 1. The Labute approximate surface area is 151 Å². The van der Waals surface area contributed by atoms with E-state index in [1.165, 1.54) is 12.1 Å². The monoisotopic (exact) mass is 374 g/mol. The molecule has 0 aliphatic carbocycles. The van der Waals surface area contributed by atoms with Crippen molar-refractivity contribution in [3.8, 4) is 5.75 Å². The summed E-state index contributed by atoms with van der Waals surface area (Å²) in [6.45, 7) is 0.297. The van der Waals surface area contributed by atoms with Crippen LogP contribution in [0.15, 0.2) is 77.8 Å². The number of hydrogen-bond acceptors (Lipinski definition) is 4. The molecule has 0 saturated heterocycles. The number of nitrogens with zero attached hydrogens (tertiary/aromatic N) is 1. The highest BCUT2D eigenvalue weighted by atomic mass is 35.5. The molecule has 1 aromatic heterocycles. The topological polar surface area (TPSA) is 68.3 Å². The zero-order valence-electron chi connectivity index (χ0n) is 13.1. The van der Waals surface area contributed by atoms with E-state index in [9.17, 15) is 8.42 Å². The molecule has 0 aliphatic heterocycles. The minimum Gasteiger partial charge on any atom is -0.487 e. The van der Waals surface area contributed by atoms with E-state index in [1.807, 2.05) is 18.2 Å². The first kappa shape index (κ1) is 17.3. The van der Waals surface area contributed by atoms with Gasteiger partial charge < -0.3 is 4.74 Å². The summed E-state index contributed by atoms with van der Waals surface area (Å²) in [5.74, 6) is 0.539. The van der Waals surface area contributed by atoms with Crippen LogP contribution in [0.3, 0.4) is 0 Å². The van der Waals surface area contributed by atoms with Crippen LogP contribution in [0.4, 0.5) is 5.69 Å². The second-order valence-corrected chi connectivity index (χ2v) is 7.32. The highest BCUT2D eigenvalue weighted by Gasteiger charge is 2.14. The third kappa shape index (κ3) is 4.71. The van der Waals surface area contributed by atoms with Crippen LogP contribution in [0.2, 0.25) is 5.02 Å². The number of anilines is 1. The number of rotatable bonds is 6. The lowest BCUT2D eigenvalue weighted by atomic mass is 10.3. The van der Waals surface area contributed by atoms with Crippen molar-refractivity contribution in [1.29, 1.82) is 0 Å². The van der Waals surface area contributed by atoms with E-state index in [1.54, 1.807) is 42.6 Å². The number of ether oxygens (including phenoxy) is 1. The summed E-state index contributed by atoms with van der Waals surface area (Å²) >= 11 is 5.86. The van der Waals surface area contributed by atoms with Gasteiger partial charge in [-0.05, 0) is 42.5 Å². The Morgan fingerprint density at radius 1 is 1.00 bits per heavy atom. The summed E-state index contributed by atoms with van der Waals surface area (Å²) in [4.78, 5) is 4.27. The number of halogens is 1. The summed E-state index contributed by atoms with van der Waals surface area (Å²) < 4.78 is 33.0. The number of sulfonamides is 1. The van der Waals surface area contributed by atoms with Crippen LogP contribution in [0.25, 0.3) is 0 Å². The fourth-order valence-electron chi connectivity index (χ4n) is 2.14. The summed E-state index contributed by atoms with van der Waals surface area (Å²) in [5, 5.41) is 0.357. The Bertz CT molecular complexity index is 963. The SMILES string of the molecule is O=S(=O)(Nc1cccc(OCc2ccccn2)c1)c1cccc(Cl)c1. The smallest absolute Gasteiger partial charge is 0.261 e. The largest absolute Gasteiger partial charge is 0.487 e. The third-order valence-corrected chi connectivity index (χ3v) is 4.92. The standard InChI is InChI=1S/C18H15ClN2O3S/c19-14-5-3-9-18(11-14)25(22,23)21-15-7-4-8-17(12-15)24-13-16-6-1-2-10-20-16/h1-12,21H,13H2. The maximum atomic E-state index is 12.4.